The highest BCUT2D eigenvalue weighted by molar-refractivity contribution is 7.89. The number of fused-ring (bicyclic) bond motifs is 1. The standard InChI is InChI=1S/C23H26N2O6S/c1-3-16-8-9-18(15-21(16)32(28,29)24-10-12-31-13-11-24)22(26)25-19-7-5-4-6-17(19)14-20(25)23(27)30-2/h4-9,15,20H,3,10-14H2,1-2H3. The second-order valence-corrected chi connectivity index (χ2v) is 9.65. The molecule has 0 aliphatic carbocycles. The van der Waals surface area contributed by atoms with Crippen LogP contribution in [0, 0.1) is 0 Å². The average Bonchev–Trinajstić information content (AvgIpc) is 3.22. The highest BCUT2D eigenvalue weighted by Gasteiger charge is 2.40. The maximum absolute atomic E-state index is 13.6. The fourth-order valence-corrected chi connectivity index (χ4v) is 5.97. The van der Waals surface area contributed by atoms with Crippen LogP contribution in [0.2, 0.25) is 0 Å². The van der Waals surface area contributed by atoms with Gasteiger partial charge in [0.1, 0.15) is 6.04 Å². The average molecular weight is 459 g/mol. The van der Waals surface area contributed by atoms with Crippen LogP contribution in [0.25, 0.3) is 0 Å². The van der Waals surface area contributed by atoms with Gasteiger partial charge in [-0.25, -0.2) is 13.2 Å². The van der Waals surface area contributed by atoms with Crippen LogP contribution in [0.3, 0.4) is 0 Å². The monoisotopic (exact) mass is 458 g/mol. The van der Waals surface area contributed by atoms with Crippen molar-refractivity contribution in [2.24, 2.45) is 0 Å². The minimum absolute atomic E-state index is 0.120. The largest absolute Gasteiger partial charge is 0.467 e. The van der Waals surface area contributed by atoms with Crippen molar-refractivity contribution in [2.75, 3.05) is 38.3 Å². The van der Waals surface area contributed by atoms with E-state index in [0.29, 0.717) is 37.3 Å². The normalized spacial score (nSPS) is 18.9. The number of morpholine rings is 1. The molecule has 0 radical (unpaired) electrons. The first kappa shape index (κ1) is 22.4. The van der Waals surface area contributed by atoms with E-state index >= 15 is 0 Å². The van der Waals surface area contributed by atoms with Crippen molar-refractivity contribution in [1.29, 1.82) is 0 Å². The zero-order chi connectivity index (χ0) is 22.9. The first-order chi connectivity index (χ1) is 15.4. The zero-order valence-electron chi connectivity index (χ0n) is 18.1. The van der Waals surface area contributed by atoms with E-state index in [-0.39, 0.29) is 23.5 Å². The number of methoxy groups -OCH3 is 1. The highest BCUT2D eigenvalue weighted by atomic mass is 32.2. The minimum Gasteiger partial charge on any atom is -0.467 e. The van der Waals surface area contributed by atoms with Crippen molar-refractivity contribution in [2.45, 2.75) is 30.7 Å². The van der Waals surface area contributed by atoms with E-state index in [4.69, 9.17) is 9.47 Å². The Morgan fingerprint density at radius 3 is 2.53 bits per heavy atom. The number of para-hydroxylation sites is 1. The molecule has 1 atom stereocenters. The van der Waals surface area contributed by atoms with Crippen molar-refractivity contribution in [3.05, 3.63) is 59.2 Å². The molecule has 4 rings (SSSR count). The first-order valence-electron chi connectivity index (χ1n) is 10.6. The fraction of sp³-hybridized carbons (Fsp3) is 0.391. The number of benzene rings is 2. The first-order valence-corrected chi connectivity index (χ1v) is 12.0. The molecule has 32 heavy (non-hydrogen) atoms. The Bertz CT molecular complexity index is 1140. The van der Waals surface area contributed by atoms with Gasteiger partial charge in [0.15, 0.2) is 0 Å². The third kappa shape index (κ3) is 3.92. The molecule has 2 aromatic carbocycles. The number of anilines is 1. The minimum atomic E-state index is -3.79. The number of nitrogens with zero attached hydrogens (tertiary/aromatic N) is 2. The molecule has 2 aliphatic rings. The smallest absolute Gasteiger partial charge is 0.329 e. The van der Waals surface area contributed by atoms with Crippen molar-refractivity contribution >= 4 is 27.6 Å². The van der Waals surface area contributed by atoms with Crippen LogP contribution in [-0.4, -0.2) is 64.1 Å². The van der Waals surface area contributed by atoms with Crippen molar-refractivity contribution in [1.82, 2.24) is 4.31 Å². The second kappa shape index (κ2) is 9.01. The molecule has 8 nitrogen and oxygen atoms in total. The lowest BCUT2D eigenvalue weighted by atomic mass is 10.1. The van der Waals surface area contributed by atoms with Gasteiger partial charge < -0.3 is 9.47 Å². The van der Waals surface area contributed by atoms with E-state index in [1.807, 2.05) is 19.1 Å². The molecule has 2 aromatic rings. The topological polar surface area (TPSA) is 93.2 Å². The molecule has 170 valence electrons. The van der Waals surface area contributed by atoms with Crippen molar-refractivity contribution in [3.8, 4) is 0 Å². The molecule has 0 bridgehead atoms. The van der Waals surface area contributed by atoms with Crippen LogP contribution >= 0.6 is 0 Å². The van der Waals surface area contributed by atoms with Crippen molar-refractivity contribution < 1.29 is 27.5 Å². The molecule has 0 spiro atoms. The number of carbonyl (C=O) groups excluding carboxylic acids is 2. The summed E-state index contributed by atoms with van der Waals surface area (Å²) in [7, 11) is -2.50. The van der Waals surface area contributed by atoms with Gasteiger partial charge in [-0.05, 0) is 35.7 Å². The summed E-state index contributed by atoms with van der Waals surface area (Å²) in [6.07, 6.45) is 0.852. The SMILES string of the molecule is CCc1ccc(C(=O)N2c3ccccc3CC2C(=O)OC)cc1S(=O)(=O)N1CCOCC1. The summed E-state index contributed by atoms with van der Waals surface area (Å²) in [6, 6.07) is 11.2. The van der Waals surface area contributed by atoms with Crippen LogP contribution < -0.4 is 4.90 Å². The van der Waals surface area contributed by atoms with E-state index in [1.54, 1.807) is 24.3 Å². The molecule has 0 N–H and O–H groups in total. The summed E-state index contributed by atoms with van der Waals surface area (Å²) in [5, 5.41) is 0. The van der Waals surface area contributed by atoms with Crippen LogP contribution in [0.15, 0.2) is 47.4 Å². The Labute approximate surface area is 187 Å². The Morgan fingerprint density at radius 2 is 1.84 bits per heavy atom. The van der Waals surface area contributed by atoms with E-state index in [2.05, 4.69) is 0 Å². The Morgan fingerprint density at radius 1 is 1.12 bits per heavy atom. The molecule has 1 saturated heterocycles. The molecule has 1 unspecified atom stereocenters. The lowest BCUT2D eigenvalue weighted by Gasteiger charge is -2.28. The van der Waals surface area contributed by atoms with Gasteiger partial charge in [0.25, 0.3) is 5.91 Å². The molecule has 0 saturated carbocycles. The predicted octanol–water partition coefficient (Wildman–Crippen LogP) is 2.01. The number of rotatable bonds is 5. The summed E-state index contributed by atoms with van der Waals surface area (Å²) in [6.45, 7) is 3.09. The van der Waals surface area contributed by atoms with Crippen molar-refractivity contribution in [3.63, 3.8) is 0 Å². The predicted molar refractivity (Wildman–Crippen MR) is 118 cm³/mol. The number of sulfonamides is 1. The Hall–Kier alpha value is -2.75. The number of carbonyl (C=O) groups is 2. The van der Waals surface area contributed by atoms with Gasteiger partial charge in [-0.3, -0.25) is 9.69 Å². The second-order valence-electron chi connectivity index (χ2n) is 7.74. The van der Waals surface area contributed by atoms with Gasteiger partial charge >= 0.3 is 5.97 Å². The van der Waals surface area contributed by atoms with Gasteiger partial charge in [0, 0.05) is 30.8 Å². The Kier molecular flexibility index (Phi) is 6.32. The summed E-state index contributed by atoms with van der Waals surface area (Å²) in [5.74, 6) is -0.952. The summed E-state index contributed by atoms with van der Waals surface area (Å²) < 4.78 is 38.3. The summed E-state index contributed by atoms with van der Waals surface area (Å²) in [5.41, 5.74) is 2.34. The number of aryl methyl sites for hydroxylation is 1. The summed E-state index contributed by atoms with van der Waals surface area (Å²) >= 11 is 0. The van der Waals surface area contributed by atoms with E-state index < -0.39 is 27.9 Å². The number of hydrogen-bond donors (Lipinski definition) is 0. The number of ether oxygens (including phenoxy) is 2. The quantitative estimate of drug-likeness (QED) is 0.637. The lowest BCUT2D eigenvalue weighted by Crippen LogP contribution is -2.43. The fourth-order valence-electron chi connectivity index (χ4n) is 4.25. The highest BCUT2D eigenvalue weighted by Crippen LogP contribution is 2.34. The molecule has 9 heteroatoms. The van der Waals surface area contributed by atoms with Gasteiger partial charge in [0.2, 0.25) is 10.0 Å². The van der Waals surface area contributed by atoms with Crippen LogP contribution in [-0.2, 0) is 37.1 Å². The van der Waals surface area contributed by atoms with Gasteiger partial charge in [0.05, 0.1) is 25.2 Å². The van der Waals surface area contributed by atoms with Crippen LogP contribution in [0.1, 0.15) is 28.4 Å². The molecular formula is C23H26N2O6S. The molecular weight excluding hydrogens is 432 g/mol. The van der Waals surface area contributed by atoms with E-state index in [9.17, 15) is 18.0 Å². The third-order valence-electron chi connectivity index (χ3n) is 5.95. The molecule has 1 fully saturated rings. The zero-order valence-corrected chi connectivity index (χ0v) is 18.9. The van der Waals surface area contributed by atoms with Crippen LogP contribution in [0.5, 0.6) is 0 Å². The maximum Gasteiger partial charge on any atom is 0.329 e. The van der Waals surface area contributed by atoms with Gasteiger partial charge in [-0.15, -0.1) is 0 Å². The lowest BCUT2D eigenvalue weighted by molar-refractivity contribution is -0.141. The van der Waals surface area contributed by atoms with E-state index in [0.717, 1.165) is 5.56 Å². The molecule has 1 amide bonds. The molecule has 0 aromatic heterocycles. The molecule has 2 heterocycles. The van der Waals surface area contributed by atoms with E-state index in [1.165, 1.54) is 22.4 Å². The Balaban J connectivity index is 1.76. The van der Waals surface area contributed by atoms with Crippen LogP contribution in [0.4, 0.5) is 5.69 Å². The van der Waals surface area contributed by atoms with Gasteiger partial charge in [-0.1, -0.05) is 31.2 Å². The molecule has 2 aliphatic heterocycles. The van der Waals surface area contributed by atoms with Gasteiger partial charge in [-0.2, -0.15) is 4.31 Å². The number of hydrogen-bond acceptors (Lipinski definition) is 6. The third-order valence-corrected chi connectivity index (χ3v) is 7.93. The number of amides is 1. The summed E-state index contributed by atoms with van der Waals surface area (Å²) in [4.78, 5) is 27.5. The maximum atomic E-state index is 13.6. The number of esters is 1.